The quantitative estimate of drug-likeness (QED) is 0.658. The number of para-hydroxylation sites is 1. The van der Waals surface area contributed by atoms with Crippen LogP contribution >= 0.6 is 0 Å². The van der Waals surface area contributed by atoms with E-state index >= 15 is 0 Å². The number of carbonyl (C=O) groups excluding carboxylic acids is 4. The summed E-state index contributed by atoms with van der Waals surface area (Å²) in [6, 6.07) is 6.47. The van der Waals surface area contributed by atoms with Crippen molar-refractivity contribution >= 4 is 29.4 Å². The molecule has 2 fully saturated rings. The number of hydrogen-bond acceptors (Lipinski definition) is 4. The van der Waals surface area contributed by atoms with Gasteiger partial charge in [-0.15, -0.1) is 0 Å². The molecule has 7 heteroatoms. The Morgan fingerprint density at radius 3 is 2.46 bits per heavy atom. The van der Waals surface area contributed by atoms with Crippen LogP contribution in [0.1, 0.15) is 38.2 Å². The van der Waals surface area contributed by atoms with Crippen molar-refractivity contribution in [2.75, 3.05) is 11.9 Å². The fourth-order valence-electron chi connectivity index (χ4n) is 2.76. The largest absolute Gasteiger partial charge is 0.334 e. The van der Waals surface area contributed by atoms with Gasteiger partial charge < -0.3 is 5.32 Å². The van der Waals surface area contributed by atoms with Gasteiger partial charge in [-0.25, -0.2) is 9.69 Å². The van der Waals surface area contributed by atoms with Crippen LogP contribution in [0.4, 0.5) is 10.5 Å². The molecule has 1 saturated heterocycles. The first kappa shape index (κ1) is 16.2. The van der Waals surface area contributed by atoms with Crippen LogP contribution in [0.25, 0.3) is 0 Å². The summed E-state index contributed by atoms with van der Waals surface area (Å²) >= 11 is 0. The Balaban J connectivity index is 1.70. The monoisotopic (exact) mass is 329 g/mol. The molecule has 5 amide bonds. The van der Waals surface area contributed by atoms with Gasteiger partial charge in [0, 0.05) is 11.7 Å². The van der Waals surface area contributed by atoms with Crippen LogP contribution in [0.5, 0.6) is 0 Å². The number of amides is 5. The van der Waals surface area contributed by atoms with Gasteiger partial charge in [0.05, 0.1) is 0 Å². The molecule has 1 aliphatic carbocycles. The summed E-state index contributed by atoms with van der Waals surface area (Å²) in [5, 5.41) is 2.72. The Kier molecular flexibility index (Phi) is 4.09. The predicted octanol–water partition coefficient (Wildman–Crippen LogP) is 1.70. The minimum Gasteiger partial charge on any atom is -0.324 e. The number of hydrogen-bond donors (Lipinski definition) is 1. The van der Waals surface area contributed by atoms with Crippen molar-refractivity contribution in [1.29, 1.82) is 0 Å². The molecule has 126 valence electrons. The van der Waals surface area contributed by atoms with Crippen LogP contribution in [0, 0.1) is 0 Å². The van der Waals surface area contributed by atoms with Gasteiger partial charge in [-0.05, 0) is 30.4 Å². The second kappa shape index (κ2) is 6.07. The van der Waals surface area contributed by atoms with E-state index in [4.69, 9.17) is 0 Å². The summed E-state index contributed by atoms with van der Waals surface area (Å²) in [5.74, 6) is -2.06. The average molecular weight is 329 g/mol. The zero-order valence-corrected chi connectivity index (χ0v) is 13.6. The maximum Gasteiger partial charge on any atom is 0.334 e. The Hall–Kier alpha value is -2.70. The lowest BCUT2D eigenvalue weighted by Crippen LogP contribution is -2.39. The molecule has 0 unspecified atom stereocenters. The lowest BCUT2D eigenvalue weighted by molar-refractivity contribution is -0.143. The molecule has 1 aromatic rings. The maximum atomic E-state index is 12.2. The smallest absolute Gasteiger partial charge is 0.324 e. The first-order chi connectivity index (χ1) is 11.4. The number of anilines is 1. The van der Waals surface area contributed by atoms with Crippen LogP contribution < -0.4 is 5.32 Å². The van der Waals surface area contributed by atoms with Crippen LogP contribution in [-0.2, 0) is 14.4 Å². The van der Waals surface area contributed by atoms with Crippen LogP contribution in [-0.4, -0.2) is 46.1 Å². The van der Waals surface area contributed by atoms with Gasteiger partial charge in [0.15, 0.2) is 0 Å². The van der Waals surface area contributed by atoms with Gasteiger partial charge in [-0.3, -0.25) is 19.3 Å². The summed E-state index contributed by atoms with van der Waals surface area (Å²) in [6.07, 6.45) is 1.43. The second-order valence-corrected chi connectivity index (χ2v) is 6.37. The van der Waals surface area contributed by atoms with Crippen LogP contribution in [0.15, 0.2) is 24.3 Å². The number of benzene rings is 1. The molecule has 0 spiro atoms. The Labute approximate surface area is 139 Å². The highest BCUT2D eigenvalue weighted by Gasteiger charge is 2.51. The highest BCUT2D eigenvalue weighted by molar-refractivity contribution is 6.45. The number of imide groups is 2. The topological polar surface area (TPSA) is 86.8 Å². The molecule has 1 aromatic carbocycles. The molecule has 0 radical (unpaired) electrons. The van der Waals surface area contributed by atoms with E-state index in [-0.39, 0.29) is 12.0 Å². The van der Waals surface area contributed by atoms with Crippen LogP contribution in [0.2, 0.25) is 0 Å². The van der Waals surface area contributed by atoms with Crippen molar-refractivity contribution in [3.8, 4) is 0 Å². The third kappa shape index (κ3) is 2.89. The van der Waals surface area contributed by atoms with Gasteiger partial charge in [-0.2, -0.15) is 0 Å². The van der Waals surface area contributed by atoms with Crippen molar-refractivity contribution in [2.45, 2.75) is 38.6 Å². The minimum absolute atomic E-state index is 0.191. The van der Waals surface area contributed by atoms with Gasteiger partial charge in [0.25, 0.3) is 0 Å². The summed E-state index contributed by atoms with van der Waals surface area (Å²) in [6.45, 7) is 3.55. The minimum atomic E-state index is -0.931. The molecular formula is C17H19N3O4. The molecule has 1 saturated carbocycles. The third-order valence-corrected chi connectivity index (χ3v) is 4.15. The first-order valence-electron chi connectivity index (χ1n) is 7.98. The van der Waals surface area contributed by atoms with Gasteiger partial charge in [-0.1, -0.05) is 32.0 Å². The Bertz CT molecular complexity index is 724. The van der Waals surface area contributed by atoms with E-state index in [1.165, 1.54) is 0 Å². The lowest BCUT2D eigenvalue weighted by Gasteiger charge is -2.17. The van der Waals surface area contributed by atoms with Crippen molar-refractivity contribution in [3.05, 3.63) is 29.8 Å². The van der Waals surface area contributed by atoms with Crippen molar-refractivity contribution in [3.63, 3.8) is 0 Å². The highest BCUT2D eigenvalue weighted by atomic mass is 16.2. The van der Waals surface area contributed by atoms with Crippen molar-refractivity contribution in [1.82, 2.24) is 9.80 Å². The Morgan fingerprint density at radius 2 is 1.83 bits per heavy atom. The number of nitrogens with zero attached hydrogens (tertiary/aromatic N) is 2. The summed E-state index contributed by atoms with van der Waals surface area (Å²) in [5.41, 5.74) is 1.60. The molecule has 2 aliphatic rings. The van der Waals surface area contributed by atoms with E-state index in [1.54, 1.807) is 12.1 Å². The van der Waals surface area contributed by atoms with E-state index < -0.39 is 30.3 Å². The van der Waals surface area contributed by atoms with Crippen molar-refractivity contribution < 1.29 is 19.2 Å². The molecule has 1 N–H and O–H groups in total. The zero-order chi connectivity index (χ0) is 17.4. The second-order valence-electron chi connectivity index (χ2n) is 6.37. The fraction of sp³-hybridized carbons (Fsp3) is 0.412. The van der Waals surface area contributed by atoms with Crippen molar-refractivity contribution in [2.24, 2.45) is 0 Å². The molecule has 24 heavy (non-hydrogen) atoms. The van der Waals surface area contributed by atoms with E-state index in [2.05, 4.69) is 5.32 Å². The number of carbonyl (C=O) groups is 4. The zero-order valence-electron chi connectivity index (χ0n) is 13.6. The number of rotatable bonds is 5. The Morgan fingerprint density at radius 1 is 1.17 bits per heavy atom. The van der Waals surface area contributed by atoms with Gasteiger partial charge in [0.1, 0.15) is 6.54 Å². The van der Waals surface area contributed by atoms with Crippen LogP contribution in [0.3, 0.4) is 0 Å². The third-order valence-electron chi connectivity index (χ3n) is 4.15. The standard InChI is InChI=1S/C17H19N3O4/c1-10(2)12-5-3-4-6-13(12)18-14(21)9-19-15(22)16(23)20(17(19)24)11-7-8-11/h3-6,10-11H,7-9H2,1-2H3,(H,18,21). The van der Waals surface area contributed by atoms with E-state index in [1.807, 2.05) is 26.0 Å². The number of urea groups is 1. The molecule has 3 rings (SSSR count). The number of nitrogens with one attached hydrogen (secondary N) is 1. The summed E-state index contributed by atoms with van der Waals surface area (Å²) < 4.78 is 0. The normalized spacial score (nSPS) is 17.9. The molecule has 7 nitrogen and oxygen atoms in total. The molecule has 1 heterocycles. The first-order valence-corrected chi connectivity index (χ1v) is 7.98. The van der Waals surface area contributed by atoms with Gasteiger partial charge >= 0.3 is 17.8 Å². The van der Waals surface area contributed by atoms with E-state index in [0.29, 0.717) is 23.4 Å². The maximum absolute atomic E-state index is 12.2. The predicted molar refractivity (Wildman–Crippen MR) is 86.1 cm³/mol. The average Bonchev–Trinajstić information content (AvgIpc) is 3.33. The molecule has 0 bridgehead atoms. The molecule has 0 aromatic heterocycles. The van der Waals surface area contributed by atoms with E-state index in [0.717, 1.165) is 10.5 Å². The molecule has 1 aliphatic heterocycles. The van der Waals surface area contributed by atoms with E-state index in [9.17, 15) is 19.2 Å². The SMILES string of the molecule is CC(C)c1ccccc1NC(=O)CN1C(=O)C(=O)N(C2CC2)C1=O. The van der Waals surface area contributed by atoms with Gasteiger partial charge in [0.2, 0.25) is 5.91 Å². The molecule has 0 atom stereocenters. The lowest BCUT2D eigenvalue weighted by atomic mass is 10.0. The summed E-state index contributed by atoms with van der Waals surface area (Å²) in [7, 11) is 0. The highest BCUT2D eigenvalue weighted by Crippen LogP contribution is 2.31. The summed E-state index contributed by atoms with van der Waals surface area (Å²) in [4.78, 5) is 50.0. The fourth-order valence-corrected chi connectivity index (χ4v) is 2.76. The molecular weight excluding hydrogens is 310 g/mol.